The molecule has 0 saturated carbocycles. The Labute approximate surface area is 131 Å². The summed E-state index contributed by atoms with van der Waals surface area (Å²) in [5.41, 5.74) is 2.14. The molecule has 3 rings (SSSR count). The van der Waals surface area contributed by atoms with Gasteiger partial charge in [-0.05, 0) is 27.2 Å². The lowest BCUT2D eigenvalue weighted by Gasteiger charge is -2.47. The van der Waals surface area contributed by atoms with Crippen molar-refractivity contribution < 1.29 is 9.53 Å². The van der Waals surface area contributed by atoms with E-state index in [-0.39, 0.29) is 18.1 Å². The van der Waals surface area contributed by atoms with Crippen LogP contribution in [0.2, 0.25) is 0 Å². The molecule has 0 spiro atoms. The maximum absolute atomic E-state index is 11.9. The minimum Gasteiger partial charge on any atom is -0.374 e. The van der Waals surface area contributed by atoms with E-state index in [1.54, 1.807) is 6.92 Å². The van der Waals surface area contributed by atoms with Crippen molar-refractivity contribution in [3.63, 3.8) is 0 Å². The Morgan fingerprint density at radius 3 is 2.73 bits per heavy atom. The zero-order valence-electron chi connectivity index (χ0n) is 13.8. The van der Waals surface area contributed by atoms with Crippen molar-refractivity contribution in [2.75, 3.05) is 31.1 Å². The van der Waals surface area contributed by atoms with Gasteiger partial charge in [0.1, 0.15) is 11.6 Å². The summed E-state index contributed by atoms with van der Waals surface area (Å²) >= 11 is 0. The summed E-state index contributed by atoms with van der Waals surface area (Å²) in [5.74, 6) is 1.92. The number of anilines is 1. The molecule has 2 fully saturated rings. The second-order valence-electron chi connectivity index (χ2n) is 6.23. The van der Waals surface area contributed by atoms with E-state index >= 15 is 0 Å². The number of hydrogen-bond acceptors (Lipinski definition) is 5. The zero-order valence-corrected chi connectivity index (χ0v) is 13.8. The number of piperidine rings is 1. The molecule has 3 heterocycles. The van der Waals surface area contributed by atoms with Gasteiger partial charge in [-0.2, -0.15) is 0 Å². The van der Waals surface area contributed by atoms with Gasteiger partial charge < -0.3 is 14.5 Å². The average Bonchev–Trinajstić information content (AvgIpc) is 2.49. The lowest BCUT2D eigenvalue weighted by molar-refractivity contribution is -0.145. The van der Waals surface area contributed by atoms with Gasteiger partial charge in [-0.3, -0.25) is 4.79 Å². The Morgan fingerprint density at radius 2 is 2.00 bits per heavy atom. The van der Waals surface area contributed by atoms with Gasteiger partial charge in [0.15, 0.2) is 0 Å². The monoisotopic (exact) mass is 304 g/mol. The van der Waals surface area contributed by atoms with Crippen LogP contribution in [0.5, 0.6) is 0 Å². The Hall–Kier alpha value is -1.69. The predicted molar refractivity (Wildman–Crippen MR) is 84.0 cm³/mol. The molecule has 0 aliphatic carbocycles. The molecule has 0 bridgehead atoms. The maximum atomic E-state index is 11.9. The fraction of sp³-hybridized carbons (Fsp3) is 0.688. The van der Waals surface area contributed by atoms with E-state index in [0.717, 1.165) is 42.4 Å². The lowest BCUT2D eigenvalue weighted by atomic mass is 9.98. The molecule has 1 amide bonds. The molecule has 1 aromatic rings. The predicted octanol–water partition coefficient (Wildman–Crippen LogP) is 1.23. The third-order valence-electron chi connectivity index (χ3n) is 4.76. The second-order valence-corrected chi connectivity index (χ2v) is 6.23. The van der Waals surface area contributed by atoms with Gasteiger partial charge in [0, 0.05) is 37.8 Å². The van der Waals surface area contributed by atoms with Crippen molar-refractivity contribution in [2.45, 2.75) is 46.3 Å². The van der Waals surface area contributed by atoms with E-state index in [2.05, 4.69) is 21.8 Å². The highest BCUT2D eigenvalue weighted by molar-refractivity contribution is 5.74. The summed E-state index contributed by atoms with van der Waals surface area (Å²) in [6, 6.07) is 0.120. The summed E-state index contributed by atoms with van der Waals surface area (Å²) in [4.78, 5) is 25.2. The fourth-order valence-electron chi connectivity index (χ4n) is 3.51. The first-order valence-corrected chi connectivity index (χ1v) is 7.93. The van der Waals surface area contributed by atoms with E-state index in [0.29, 0.717) is 13.2 Å². The van der Waals surface area contributed by atoms with Crippen molar-refractivity contribution in [1.82, 2.24) is 14.9 Å². The summed E-state index contributed by atoms with van der Waals surface area (Å²) in [6.07, 6.45) is 1.08. The number of carbonyl (C=O) groups excluding carboxylic acids is 1. The number of aryl methyl sites for hydroxylation is 2. The smallest absolute Gasteiger partial charge is 0.219 e. The van der Waals surface area contributed by atoms with Gasteiger partial charge in [0.25, 0.3) is 0 Å². The van der Waals surface area contributed by atoms with E-state index < -0.39 is 0 Å². The minimum atomic E-state index is 0.120. The summed E-state index contributed by atoms with van der Waals surface area (Å²) in [5, 5.41) is 0. The molecule has 2 unspecified atom stereocenters. The van der Waals surface area contributed by atoms with Crippen LogP contribution in [0.3, 0.4) is 0 Å². The van der Waals surface area contributed by atoms with Gasteiger partial charge >= 0.3 is 0 Å². The normalized spacial score (nSPS) is 25.1. The second kappa shape index (κ2) is 5.83. The topological polar surface area (TPSA) is 58.6 Å². The van der Waals surface area contributed by atoms with E-state index in [9.17, 15) is 4.79 Å². The van der Waals surface area contributed by atoms with Gasteiger partial charge in [-0.15, -0.1) is 0 Å². The number of fused-ring (bicyclic) bond motifs is 1. The third-order valence-corrected chi connectivity index (χ3v) is 4.76. The van der Waals surface area contributed by atoms with Crippen molar-refractivity contribution in [1.29, 1.82) is 0 Å². The van der Waals surface area contributed by atoms with E-state index in [4.69, 9.17) is 4.74 Å². The van der Waals surface area contributed by atoms with E-state index in [1.807, 2.05) is 18.7 Å². The van der Waals surface area contributed by atoms with Gasteiger partial charge in [-0.1, -0.05) is 0 Å². The first kappa shape index (κ1) is 15.2. The first-order valence-electron chi connectivity index (χ1n) is 7.93. The number of hydrogen-bond donors (Lipinski definition) is 0. The molecule has 2 atom stereocenters. The van der Waals surface area contributed by atoms with Crippen molar-refractivity contribution in [3.05, 3.63) is 17.1 Å². The molecule has 0 aromatic carbocycles. The molecule has 1 aromatic heterocycles. The molecule has 0 N–H and O–H groups in total. The molecular weight excluding hydrogens is 280 g/mol. The number of aromatic nitrogens is 2. The lowest BCUT2D eigenvalue weighted by Crippen LogP contribution is -2.61. The van der Waals surface area contributed by atoms with Crippen LogP contribution in [0, 0.1) is 20.8 Å². The molecule has 0 radical (unpaired) electrons. The number of ether oxygens (including phenoxy) is 1. The highest BCUT2D eigenvalue weighted by Gasteiger charge is 2.38. The van der Waals surface area contributed by atoms with Gasteiger partial charge in [0.05, 0.1) is 18.8 Å². The maximum Gasteiger partial charge on any atom is 0.219 e. The van der Waals surface area contributed by atoms with Crippen LogP contribution in [0.15, 0.2) is 0 Å². The zero-order chi connectivity index (χ0) is 15.9. The van der Waals surface area contributed by atoms with Crippen LogP contribution >= 0.6 is 0 Å². The van der Waals surface area contributed by atoms with Crippen LogP contribution in [0.25, 0.3) is 0 Å². The quantitative estimate of drug-likeness (QED) is 0.781. The molecule has 2 aliphatic heterocycles. The Balaban J connectivity index is 1.87. The van der Waals surface area contributed by atoms with Gasteiger partial charge in [0.2, 0.25) is 5.91 Å². The number of carbonyl (C=O) groups is 1. The van der Waals surface area contributed by atoms with Crippen molar-refractivity contribution in [2.24, 2.45) is 0 Å². The van der Waals surface area contributed by atoms with Crippen molar-refractivity contribution >= 4 is 11.7 Å². The number of rotatable bonds is 1. The molecular formula is C16H24N4O2. The molecule has 120 valence electrons. The Bertz CT molecular complexity index is 590. The molecule has 6 nitrogen and oxygen atoms in total. The highest BCUT2D eigenvalue weighted by atomic mass is 16.5. The summed E-state index contributed by atoms with van der Waals surface area (Å²) < 4.78 is 5.87. The van der Waals surface area contributed by atoms with Crippen LogP contribution in [-0.2, 0) is 9.53 Å². The SMILES string of the molecule is CC(=O)N1CCOC2CCN(c3nc(C)nc(C)c3C)CC21. The van der Waals surface area contributed by atoms with Crippen molar-refractivity contribution in [3.8, 4) is 0 Å². The highest BCUT2D eigenvalue weighted by Crippen LogP contribution is 2.28. The Morgan fingerprint density at radius 1 is 1.23 bits per heavy atom. The van der Waals surface area contributed by atoms with Crippen LogP contribution < -0.4 is 4.90 Å². The molecule has 2 saturated heterocycles. The standard InChI is InChI=1S/C16H24N4O2/c1-10-11(2)17-12(3)18-16(10)19-6-5-15-14(9-19)20(13(4)21)7-8-22-15/h14-15H,5-9H2,1-4H3. The number of amides is 1. The average molecular weight is 304 g/mol. The number of morpholine rings is 1. The summed E-state index contributed by atoms with van der Waals surface area (Å²) in [7, 11) is 0. The number of nitrogens with zero attached hydrogens (tertiary/aromatic N) is 4. The minimum absolute atomic E-state index is 0.120. The molecule has 6 heteroatoms. The molecule has 2 aliphatic rings. The first-order chi connectivity index (χ1) is 10.5. The summed E-state index contributed by atoms with van der Waals surface area (Å²) in [6.45, 7) is 10.7. The van der Waals surface area contributed by atoms with Crippen LogP contribution in [-0.4, -0.2) is 59.2 Å². The van der Waals surface area contributed by atoms with Crippen LogP contribution in [0.4, 0.5) is 5.82 Å². The van der Waals surface area contributed by atoms with Crippen LogP contribution in [0.1, 0.15) is 30.4 Å². The van der Waals surface area contributed by atoms with E-state index in [1.165, 1.54) is 0 Å². The van der Waals surface area contributed by atoms with Gasteiger partial charge in [-0.25, -0.2) is 9.97 Å². The largest absolute Gasteiger partial charge is 0.374 e. The Kier molecular flexibility index (Phi) is 4.04. The molecule has 22 heavy (non-hydrogen) atoms. The fourth-order valence-corrected chi connectivity index (χ4v) is 3.51. The third kappa shape index (κ3) is 2.67.